The second kappa shape index (κ2) is 5.57. The van der Waals surface area contributed by atoms with Gasteiger partial charge >= 0.3 is 5.97 Å². The van der Waals surface area contributed by atoms with Crippen molar-refractivity contribution in [3.05, 3.63) is 40.1 Å². The molecule has 0 saturated heterocycles. The molecule has 0 aliphatic rings. The summed E-state index contributed by atoms with van der Waals surface area (Å²) in [5, 5.41) is 13.7. The van der Waals surface area contributed by atoms with Gasteiger partial charge in [0.15, 0.2) is 0 Å². The van der Waals surface area contributed by atoms with Crippen molar-refractivity contribution in [2.75, 3.05) is 0 Å². The van der Waals surface area contributed by atoms with Gasteiger partial charge in [0.1, 0.15) is 0 Å². The van der Waals surface area contributed by atoms with Crippen molar-refractivity contribution in [1.82, 2.24) is 9.78 Å². The lowest BCUT2D eigenvalue weighted by molar-refractivity contribution is 0.0697. The Kier molecular flexibility index (Phi) is 4.04. The van der Waals surface area contributed by atoms with Crippen LogP contribution in [-0.4, -0.2) is 20.9 Å². The molecule has 19 heavy (non-hydrogen) atoms. The lowest BCUT2D eigenvalue weighted by Gasteiger charge is -2.06. The molecule has 0 aliphatic carbocycles. The van der Waals surface area contributed by atoms with E-state index in [1.807, 2.05) is 25.4 Å². The first-order chi connectivity index (χ1) is 9.02. The number of carboxylic acid groups (broad SMARTS) is 1. The number of hydrogen-bond donors (Lipinski definition) is 1. The van der Waals surface area contributed by atoms with Crippen LogP contribution in [0.15, 0.2) is 28.9 Å². The van der Waals surface area contributed by atoms with Crippen molar-refractivity contribution in [2.45, 2.75) is 19.8 Å². The van der Waals surface area contributed by atoms with E-state index in [-0.39, 0.29) is 0 Å². The summed E-state index contributed by atoms with van der Waals surface area (Å²) < 4.78 is 2.49. The number of aromatic carboxylic acids is 1. The molecule has 1 aromatic carbocycles. The molecule has 0 radical (unpaired) electrons. The zero-order chi connectivity index (χ0) is 14.0. The molecule has 4 nitrogen and oxygen atoms in total. The van der Waals surface area contributed by atoms with Gasteiger partial charge < -0.3 is 5.11 Å². The molecule has 0 bridgehead atoms. The minimum Gasteiger partial charge on any atom is -0.478 e. The van der Waals surface area contributed by atoms with E-state index >= 15 is 0 Å². The number of carbonyl (C=O) groups is 1. The Labute approximate surface area is 120 Å². The molecule has 0 aliphatic heterocycles. The first-order valence-electron chi connectivity index (χ1n) is 6.08. The fourth-order valence-corrected chi connectivity index (χ4v) is 2.47. The third-order valence-corrected chi connectivity index (χ3v) is 3.39. The Morgan fingerprint density at radius 2 is 2.16 bits per heavy atom. The average Bonchev–Trinajstić information content (AvgIpc) is 2.70. The van der Waals surface area contributed by atoms with E-state index in [2.05, 4.69) is 28.0 Å². The fraction of sp³-hybridized carbons (Fsp3) is 0.286. The number of benzene rings is 1. The van der Waals surface area contributed by atoms with Gasteiger partial charge in [-0.1, -0.05) is 35.3 Å². The molecule has 0 amide bonds. The average molecular weight is 323 g/mol. The highest BCUT2D eigenvalue weighted by Gasteiger charge is 2.17. The highest BCUT2D eigenvalue weighted by Crippen LogP contribution is 2.29. The molecule has 1 aromatic heterocycles. The number of nitrogens with zero attached hydrogens (tertiary/aromatic N) is 2. The van der Waals surface area contributed by atoms with Crippen LogP contribution in [0.3, 0.4) is 0 Å². The van der Waals surface area contributed by atoms with Crippen molar-refractivity contribution < 1.29 is 9.90 Å². The fourth-order valence-electron chi connectivity index (χ4n) is 2.11. The summed E-state index contributed by atoms with van der Waals surface area (Å²) in [6.07, 6.45) is 3.69. The Morgan fingerprint density at radius 1 is 1.42 bits per heavy atom. The maximum absolute atomic E-state index is 11.4. The molecule has 5 heteroatoms. The molecule has 0 unspecified atom stereocenters. The minimum absolute atomic E-state index is 0.291. The highest BCUT2D eigenvalue weighted by atomic mass is 79.9. The van der Waals surface area contributed by atoms with E-state index in [0.717, 1.165) is 28.6 Å². The Bertz CT molecular complexity index is 620. The van der Waals surface area contributed by atoms with E-state index in [9.17, 15) is 9.90 Å². The van der Waals surface area contributed by atoms with Crippen LogP contribution in [0.5, 0.6) is 0 Å². The highest BCUT2D eigenvalue weighted by molar-refractivity contribution is 9.10. The van der Waals surface area contributed by atoms with E-state index in [0.29, 0.717) is 11.1 Å². The summed E-state index contributed by atoms with van der Waals surface area (Å²) in [5.41, 5.74) is 2.84. The first-order valence-corrected chi connectivity index (χ1v) is 6.88. The molecule has 100 valence electrons. The van der Waals surface area contributed by atoms with Crippen molar-refractivity contribution in [2.24, 2.45) is 7.05 Å². The van der Waals surface area contributed by atoms with E-state index in [1.165, 1.54) is 0 Å². The smallest absolute Gasteiger partial charge is 0.336 e. The van der Waals surface area contributed by atoms with Gasteiger partial charge in [-0.3, -0.25) is 4.68 Å². The van der Waals surface area contributed by atoms with Crippen molar-refractivity contribution >= 4 is 21.9 Å². The van der Waals surface area contributed by atoms with Crippen LogP contribution < -0.4 is 0 Å². The van der Waals surface area contributed by atoms with Gasteiger partial charge in [-0.15, -0.1) is 0 Å². The second-order valence-electron chi connectivity index (χ2n) is 4.41. The van der Waals surface area contributed by atoms with Crippen LogP contribution in [0, 0.1) is 0 Å². The maximum atomic E-state index is 11.4. The number of aryl methyl sites for hydroxylation is 2. The van der Waals surface area contributed by atoms with Crippen molar-refractivity contribution in [3.63, 3.8) is 0 Å². The molecule has 2 rings (SSSR count). The maximum Gasteiger partial charge on any atom is 0.336 e. The third kappa shape index (κ3) is 2.87. The van der Waals surface area contributed by atoms with Crippen molar-refractivity contribution in [1.29, 1.82) is 0 Å². The van der Waals surface area contributed by atoms with Crippen LogP contribution in [0.2, 0.25) is 0 Å². The summed E-state index contributed by atoms with van der Waals surface area (Å²) in [6.45, 7) is 2.08. The van der Waals surface area contributed by atoms with Gasteiger partial charge in [-0.25, -0.2) is 4.79 Å². The predicted molar refractivity (Wildman–Crippen MR) is 77.3 cm³/mol. The zero-order valence-corrected chi connectivity index (χ0v) is 12.4. The summed E-state index contributed by atoms with van der Waals surface area (Å²) in [7, 11) is 1.85. The summed E-state index contributed by atoms with van der Waals surface area (Å²) in [6, 6.07) is 5.30. The number of rotatable bonds is 4. The van der Waals surface area contributed by atoms with E-state index in [4.69, 9.17) is 0 Å². The van der Waals surface area contributed by atoms with E-state index < -0.39 is 5.97 Å². The van der Waals surface area contributed by atoms with Crippen LogP contribution in [0.1, 0.15) is 29.4 Å². The SMILES string of the molecule is CCCc1nn(C)cc1-c1ccc(Br)cc1C(=O)O. The molecule has 1 heterocycles. The van der Waals surface area contributed by atoms with Crippen LogP contribution >= 0.6 is 15.9 Å². The van der Waals surface area contributed by atoms with Gasteiger partial charge in [0.25, 0.3) is 0 Å². The summed E-state index contributed by atoms with van der Waals surface area (Å²) >= 11 is 3.31. The molecule has 2 aromatic rings. The largest absolute Gasteiger partial charge is 0.478 e. The molecule has 0 fully saturated rings. The first kappa shape index (κ1) is 13.8. The van der Waals surface area contributed by atoms with Gasteiger partial charge in [-0.05, 0) is 24.1 Å². The van der Waals surface area contributed by atoms with Gasteiger partial charge in [0, 0.05) is 23.3 Å². The van der Waals surface area contributed by atoms with Gasteiger partial charge in [0.05, 0.1) is 11.3 Å². The number of carboxylic acids is 1. The molecule has 0 saturated carbocycles. The van der Waals surface area contributed by atoms with Crippen LogP contribution in [-0.2, 0) is 13.5 Å². The van der Waals surface area contributed by atoms with Crippen LogP contribution in [0.25, 0.3) is 11.1 Å². The van der Waals surface area contributed by atoms with Gasteiger partial charge in [0.2, 0.25) is 0 Å². The third-order valence-electron chi connectivity index (χ3n) is 2.89. The monoisotopic (exact) mass is 322 g/mol. The molecule has 0 spiro atoms. The second-order valence-corrected chi connectivity index (χ2v) is 5.32. The molecular formula is C14H15BrN2O2. The summed E-state index contributed by atoms with van der Waals surface area (Å²) in [5.74, 6) is -0.928. The quantitative estimate of drug-likeness (QED) is 0.937. The number of hydrogen-bond acceptors (Lipinski definition) is 2. The molecular weight excluding hydrogens is 308 g/mol. The van der Waals surface area contributed by atoms with Crippen molar-refractivity contribution in [3.8, 4) is 11.1 Å². The topological polar surface area (TPSA) is 55.1 Å². The zero-order valence-electron chi connectivity index (χ0n) is 10.9. The lowest BCUT2D eigenvalue weighted by atomic mass is 9.99. The molecule has 1 N–H and O–H groups in total. The summed E-state index contributed by atoms with van der Waals surface area (Å²) in [4.78, 5) is 11.4. The Balaban J connectivity index is 2.61. The van der Waals surface area contributed by atoms with E-state index in [1.54, 1.807) is 10.7 Å². The normalized spacial score (nSPS) is 10.7. The van der Waals surface area contributed by atoms with Gasteiger partial charge in [-0.2, -0.15) is 5.10 Å². The Morgan fingerprint density at radius 3 is 2.79 bits per heavy atom. The molecule has 0 atom stereocenters. The lowest BCUT2D eigenvalue weighted by Crippen LogP contribution is -2.00. The number of aromatic nitrogens is 2. The minimum atomic E-state index is -0.928. The standard InChI is InChI=1S/C14H15BrN2O2/c1-3-4-13-12(8-17(2)16-13)10-6-5-9(15)7-11(10)14(18)19/h5-8H,3-4H2,1-2H3,(H,18,19). The number of halogens is 1. The Hall–Kier alpha value is -1.62. The van der Waals surface area contributed by atoms with Crippen LogP contribution in [0.4, 0.5) is 0 Å². The predicted octanol–water partition coefficient (Wildman–Crippen LogP) is 3.50.